The number of aliphatic carboxylic acids is 1. The number of carbonyl (C=O) groups is 1. The summed E-state index contributed by atoms with van der Waals surface area (Å²) in [5.74, 6) is -1.51. The molecule has 0 saturated heterocycles. The van der Waals surface area contributed by atoms with Gasteiger partial charge in [-0.3, -0.25) is 9.78 Å². The molecule has 0 radical (unpaired) electrons. The first-order valence-electron chi connectivity index (χ1n) is 5.97. The van der Waals surface area contributed by atoms with Crippen molar-refractivity contribution in [1.82, 2.24) is 4.98 Å². The Bertz CT molecular complexity index is 581. The lowest BCUT2D eigenvalue weighted by Gasteiger charge is -2.12. The highest BCUT2D eigenvalue weighted by molar-refractivity contribution is 6.30. The number of halogens is 1. The molecule has 0 bridgehead atoms. The third-order valence-corrected chi connectivity index (χ3v) is 3.17. The van der Waals surface area contributed by atoms with Gasteiger partial charge >= 0.3 is 5.97 Å². The number of hydrogen-bond acceptors (Lipinski definition) is 2. The molecule has 1 N–H and O–H groups in total. The Kier molecular flexibility index (Phi) is 4.17. The van der Waals surface area contributed by atoms with Gasteiger partial charge in [0.25, 0.3) is 0 Å². The van der Waals surface area contributed by atoms with Crippen LogP contribution in [0.15, 0.2) is 42.5 Å². The molecule has 0 aliphatic rings. The molecule has 0 amide bonds. The molecule has 2 aromatic rings. The van der Waals surface area contributed by atoms with Crippen molar-refractivity contribution >= 4 is 17.6 Å². The van der Waals surface area contributed by atoms with E-state index >= 15 is 0 Å². The topological polar surface area (TPSA) is 50.2 Å². The van der Waals surface area contributed by atoms with E-state index in [1.54, 1.807) is 18.2 Å². The van der Waals surface area contributed by atoms with Gasteiger partial charge < -0.3 is 5.11 Å². The van der Waals surface area contributed by atoms with Crippen LogP contribution in [-0.4, -0.2) is 16.1 Å². The maximum Gasteiger partial charge on any atom is 0.312 e. The van der Waals surface area contributed by atoms with Gasteiger partial charge in [-0.1, -0.05) is 29.8 Å². The summed E-state index contributed by atoms with van der Waals surface area (Å²) in [5.41, 5.74) is 2.34. The highest BCUT2D eigenvalue weighted by atomic mass is 35.5. The molecular weight excluding hydrogens is 262 g/mol. The molecule has 98 valence electrons. The summed E-state index contributed by atoms with van der Waals surface area (Å²) < 4.78 is 0. The van der Waals surface area contributed by atoms with Gasteiger partial charge in [0.1, 0.15) is 5.92 Å². The van der Waals surface area contributed by atoms with E-state index in [9.17, 15) is 9.90 Å². The van der Waals surface area contributed by atoms with Crippen LogP contribution in [0.2, 0.25) is 5.02 Å². The van der Waals surface area contributed by atoms with Crippen LogP contribution in [0.3, 0.4) is 0 Å². The molecule has 4 heteroatoms. The summed E-state index contributed by atoms with van der Waals surface area (Å²) in [5, 5.41) is 10.0. The monoisotopic (exact) mass is 275 g/mol. The Morgan fingerprint density at radius 3 is 2.53 bits per heavy atom. The third-order valence-electron chi connectivity index (χ3n) is 2.92. The number of carboxylic acid groups (broad SMARTS) is 1. The van der Waals surface area contributed by atoms with Gasteiger partial charge in [0.2, 0.25) is 0 Å². The molecule has 1 atom stereocenters. The first-order chi connectivity index (χ1) is 9.06. The normalized spacial score (nSPS) is 12.1. The number of hydrogen-bond donors (Lipinski definition) is 1. The minimum atomic E-state index is -0.868. The highest BCUT2D eigenvalue weighted by Crippen LogP contribution is 2.21. The average molecular weight is 276 g/mol. The number of carboxylic acids is 1. The van der Waals surface area contributed by atoms with Crippen LogP contribution >= 0.6 is 11.6 Å². The lowest BCUT2D eigenvalue weighted by Crippen LogP contribution is -2.16. The van der Waals surface area contributed by atoms with E-state index in [0.29, 0.717) is 17.1 Å². The van der Waals surface area contributed by atoms with Crippen molar-refractivity contribution in [3.05, 3.63) is 64.4 Å². The zero-order valence-corrected chi connectivity index (χ0v) is 11.3. The molecule has 0 aliphatic heterocycles. The first kappa shape index (κ1) is 13.6. The standard InChI is InChI=1S/C15H14ClNO2/c1-10-3-2-4-14(17-10)13(15(18)19)9-11-5-7-12(16)8-6-11/h2-8,13H,9H2,1H3,(H,18,19). The molecule has 1 unspecified atom stereocenters. The van der Waals surface area contributed by atoms with Crippen molar-refractivity contribution in [3.8, 4) is 0 Å². The average Bonchev–Trinajstić information content (AvgIpc) is 2.37. The van der Waals surface area contributed by atoms with Gasteiger partial charge in [0, 0.05) is 10.7 Å². The maximum atomic E-state index is 11.4. The molecule has 0 aliphatic carbocycles. The number of benzene rings is 1. The second-order valence-electron chi connectivity index (χ2n) is 4.43. The van der Waals surface area contributed by atoms with E-state index in [-0.39, 0.29) is 0 Å². The molecule has 0 fully saturated rings. The van der Waals surface area contributed by atoms with Crippen LogP contribution in [-0.2, 0) is 11.2 Å². The van der Waals surface area contributed by atoms with Crippen molar-refractivity contribution in [2.45, 2.75) is 19.3 Å². The predicted octanol–water partition coefficient (Wildman–Crippen LogP) is 3.45. The van der Waals surface area contributed by atoms with E-state index in [0.717, 1.165) is 11.3 Å². The van der Waals surface area contributed by atoms with Crippen molar-refractivity contribution in [2.75, 3.05) is 0 Å². The van der Waals surface area contributed by atoms with E-state index in [4.69, 9.17) is 11.6 Å². The van der Waals surface area contributed by atoms with Crippen molar-refractivity contribution in [2.24, 2.45) is 0 Å². The van der Waals surface area contributed by atoms with Gasteiger partial charge in [0.05, 0.1) is 5.69 Å². The van der Waals surface area contributed by atoms with Crippen molar-refractivity contribution < 1.29 is 9.90 Å². The number of nitrogens with zero attached hydrogens (tertiary/aromatic N) is 1. The van der Waals surface area contributed by atoms with Crippen LogP contribution in [0.5, 0.6) is 0 Å². The fourth-order valence-corrected chi connectivity index (χ4v) is 2.06. The molecule has 19 heavy (non-hydrogen) atoms. The molecule has 1 heterocycles. The molecule has 1 aromatic heterocycles. The number of aryl methyl sites for hydroxylation is 1. The second kappa shape index (κ2) is 5.85. The summed E-state index contributed by atoms with van der Waals surface area (Å²) in [7, 11) is 0. The van der Waals surface area contributed by atoms with E-state index in [2.05, 4.69) is 4.98 Å². The smallest absolute Gasteiger partial charge is 0.312 e. The lowest BCUT2D eigenvalue weighted by molar-refractivity contribution is -0.138. The fourth-order valence-electron chi connectivity index (χ4n) is 1.93. The van der Waals surface area contributed by atoms with Gasteiger partial charge in [-0.25, -0.2) is 0 Å². The zero-order valence-electron chi connectivity index (χ0n) is 10.5. The SMILES string of the molecule is Cc1cccc(C(Cc2ccc(Cl)cc2)C(=O)O)n1. The quantitative estimate of drug-likeness (QED) is 0.930. The van der Waals surface area contributed by atoms with Gasteiger partial charge in [-0.15, -0.1) is 0 Å². The summed E-state index contributed by atoms with van der Waals surface area (Å²) in [6.07, 6.45) is 0.406. The highest BCUT2D eigenvalue weighted by Gasteiger charge is 2.21. The van der Waals surface area contributed by atoms with Crippen LogP contribution < -0.4 is 0 Å². The maximum absolute atomic E-state index is 11.4. The summed E-state index contributed by atoms with van der Waals surface area (Å²) >= 11 is 5.82. The predicted molar refractivity (Wildman–Crippen MR) is 74.5 cm³/mol. The van der Waals surface area contributed by atoms with Gasteiger partial charge in [0.15, 0.2) is 0 Å². The molecule has 0 saturated carbocycles. The third kappa shape index (κ3) is 3.55. The van der Waals surface area contributed by atoms with Crippen molar-refractivity contribution in [1.29, 1.82) is 0 Å². The van der Waals surface area contributed by atoms with Crippen LogP contribution in [0.4, 0.5) is 0 Å². The van der Waals surface area contributed by atoms with E-state index in [1.165, 1.54) is 0 Å². The number of aromatic nitrogens is 1. The number of pyridine rings is 1. The molecule has 1 aromatic carbocycles. The Morgan fingerprint density at radius 2 is 1.95 bits per heavy atom. The molecule has 0 spiro atoms. The Morgan fingerprint density at radius 1 is 1.26 bits per heavy atom. The van der Waals surface area contributed by atoms with Crippen molar-refractivity contribution in [3.63, 3.8) is 0 Å². The van der Waals surface area contributed by atoms with E-state index in [1.807, 2.05) is 31.2 Å². The molecule has 2 rings (SSSR count). The molecule has 3 nitrogen and oxygen atoms in total. The minimum absolute atomic E-state index is 0.406. The van der Waals surface area contributed by atoms with E-state index < -0.39 is 11.9 Å². The summed E-state index contributed by atoms with van der Waals surface area (Å²) in [6, 6.07) is 12.6. The Hall–Kier alpha value is -1.87. The fraction of sp³-hybridized carbons (Fsp3) is 0.200. The zero-order chi connectivity index (χ0) is 13.8. The second-order valence-corrected chi connectivity index (χ2v) is 4.86. The van der Waals surface area contributed by atoms with Crippen LogP contribution in [0.25, 0.3) is 0 Å². The van der Waals surface area contributed by atoms with Gasteiger partial charge in [-0.2, -0.15) is 0 Å². The van der Waals surface area contributed by atoms with Gasteiger partial charge in [-0.05, 0) is 43.2 Å². The largest absolute Gasteiger partial charge is 0.481 e. The first-order valence-corrected chi connectivity index (χ1v) is 6.35. The van der Waals surface area contributed by atoms with Crippen LogP contribution in [0.1, 0.15) is 22.9 Å². The van der Waals surface area contributed by atoms with Crippen LogP contribution in [0, 0.1) is 6.92 Å². The summed E-state index contributed by atoms with van der Waals surface area (Å²) in [4.78, 5) is 15.7. The molecular formula is C15H14ClNO2. The number of rotatable bonds is 4. The Labute approximate surface area is 116 Å². The summed E-state index contributed by atoms with van der Waals surface area (Å²) in [6.45, 7) is 1.85. The lowest BCUT2D eigenvalue weighted by atomic mass is 9.95. The Balaban J connectivity index is 2.26. The minimum Gasteiger partial charge on any atom is -0.481 e.